The first-order valence-electron chi connectivity index (χ1n) is 9.07. The molecule has 0 fully saturated rings. The average molecular weight is 479 g/mol. The van der Waals surface area contributed by atoms with Gasteiger partial charge in [-0.3, -0.25) is 4.79 Å². The number of carbonyl (C=O) groups is 1. The Morgan fingerprint density at radius 2 is 1.52 bits per heavy atom. The molecule has 31 heavy (non-hydrogen) atoms. The third-order valence-electron chi connectivity index (χ3n) is 4.03. The highest BCUT2D eigenvalue weighted by Gasteiger charge is 2.28. The highest BCUT2D eigenvalue weighted by atomic mass is 32.2. The maximum Gasteiger partial charge on any atom is 0.405 e. The number of carbonyl (C=O) groups excluding carboxylic acids is 1. The van der Waals surface area contributed by atoms with Gasteiger partial charge in [-0.2, -0.15) is 13.2 Å². The molecule has 0 aliphatic heterocycles. The second kappa shape index (κ2) is 10.2. The van der Waals surface area contributed by atoms with Crippen LogP contribution in [0.4, 0.5) is 13.2 Å². The summed E-state index contributed by atoms with van der Waals surface area (Å²) in [6.07, 6.45) is -4.50. The van der Waals surface area contributed by atoms with Crippen LogP contribution in [-0.4, -0.2) is 47.8 Å². The predicted octanol–water partition coefficient (Wildman–Crippen LogP) is 2.26. The zero-order chi connectivity index (χ0) is 23.1. The van der Waals surface area contributed by atoms with Crippen molar-refractivity contribution in [3.63, 3.8) is 0 Å². The number of rotatable bonds is 10. The van der Waals surface area contributed by atoms with E-state index in [0.29, 0.717) is 5.56 Å². The van der Waals surface area contributed by atoms with E-state index in [1.165, 1.54) is 0 Å². The fourth-order valence-electron chi connectivity index (χ4n) is 2.55. The first-order valence-corrected chi connectivity index (χ1v) is 12.4. The van der Waals surface area contributed by atoms with Crippen LogP contribution in [0.1, 0.15) is 22.3 Å². The molecular formula is C19H21F3N2O5S2. The van der Waals surface area contributed by atoms with Gasteiger partial charge in [-0.25, -0.2) is 21.6 Å². The zero-order valence-electron chi connectivity index (χ0n) is 16.2. The second-order valence-electron chi connectivity index (χ2n) is 6.65. The van der Waals surface area contributed by atoms with E-state index in [4.69, 9.17) is 0 Å². The molecule has 0 bridgehead atoms. The molecule has 0 heterocycles. The number of nitrogens with one attached hydrogen (secondary N) is 2. The molecule has 0 unspecified atom stereocenters. The second-order valence-corrected chi connectivity index (χ2v) is 10.6. The summed E-state index contributed by atoms with van der Waals surface area (Å²) < 4.78 is 87.5. The van der Waals surface area contributed by atoms with E-state index in [2.05, 4.69) is 4.72 Å². The molecule has 0 spiro atoms. The lowest BCUT2D eigenvalue weighted by atomic mass is 10.2. The van der Waals surface area contributed by atoms with Crippen LogP contribution in [0, 0.1) is 0 Å². The van der Waals surface area contributed by atoms with Crippen molar-refractivity contribution in [1.29, 1.82) is 0 Å². The minimum absolute atomic E-state index is 0.0618. The number of benzene rings is 2. The smallest absolute Gasteiger partial charge is 0.343 e. The normalized spacial score (nSPS) is 12.5. The van der Waals surface area contributed by atoms with Crippen molar-refractivity contribution in [3.05, 3.63) is 65.7 Å². The summed E-state index contributed by atoms with van der Waals surface area (Å²) in [5.74, 6) is -1.33. The van der Waals surface area contributed by atoms with Gasteiger partial charge in [-0.1, -0.05) is 30.3 Å². The van der Waals surface area contributed by atoms with Gasteiger partial charge in [0.2, 0.25) is 10.0 Å². The Morgan fingerprint density at radius 1 is 0.903 bits per heavy atom. The van der Waals surface area contributed by atoms with E-state index in [9.17, 15) is 34.8 Å². The number of alkyl halides is 3. The van der Waals surface area contributed by atoms with Crippen molar-refractivity contribution in [3.8, 4) is 0 Å². The van der Waals surface area contributed by atoms with Gasteiger partial charge in [0.25, 0.3) is 5.91 Å². The summed E-state index contributed by atoms with van der Waals surface area (Å²) in [6.45, 7) is -1.62. The SMILES string of the molecule is O=C(NCC(F)(F)F)c1ccc(S(=O)(=O)NCCCS(=O)(=O)Cc2ccccc2)cc1. The minimum atomic E-state index is -4.56. The molecule has 1 amide bonds. The van der Waals surface area contributed by atoms with Gasteiger partial charge in [-0.05, 0) is 36.2 Å². The zero-order valence-corrected chi connectivity index (χ0v) is 17.9. The molecule has 0 saturated heterocycles. The molecular weight excluding hydrogens is 457 g/mol. The van der Waals surface area contributed by atoms with E-state index in [1.54, 1.807) is 35.6 Å². The largest absolute Gasteiger partial charge is 0.405 e. The number of sulfonamides is 1. The van der Waals surface area contributed by atoms with Gasteiger partial charge in [-0.15, -0.1) is 0 Å². The lowest BCUT2D eigenvalue weighted by Crippen LogP contribution is -2.33. The van der Waals surface area contributed by atoms with Gasteiger partial charge >= 0.3 is 6.18 Å². The molecule has 2 aromatic carbocycles. The van der Waals surface area contributed by atoms with Crippen LogP contribution in [0.15, 0.2) is 59.5 Å². The van der Waals surface area contributed by atoms with E-state index < -0.39 is 38.5 Å². The van der Waals surface area contributed by atoms with Crippen molar-refractivity contribution in [1.82, 2.24) is 10.0 Å². The topological polar surface area (TPSA) is 109 Å². The molecule has 2 N–H and O–H groups in total. The van der Waals surface area contributed by atoms with Crippen LogP contribution >= 0.6 is 0 Å². The third kappa shape index (κ3) is 8.67. The molecule has 7 nitrogen and oxygen atoms in total. The first kappa shape index (κ1) is 24.8. The van der Waals surface area contributed by atoms with Gasteiger partial charge in [0.15, 0.2) is 9.84 Å². The summed E-state index contributed by atoms with van der Waals surface area (Å²) in [5, 5.41) is 1.68. The summed E-state index contributed by atoms with van der Waals surface area (Å²) in [4.78, 5) is 11.5. The maximum atomic E-state index is 12.3. The number of hydrogen-bond donors (Lipinski definition) is 2. The van der Waals surface area contributed by atoms with E-state index >= 15 is 0 Å². The molecule has 170 valence electrons. The fourth-order valence-corrected chi connectivity index (χ4v) is 5.05. The first-order chi connectivity index (χ1) is 14.4. The Bertz CT molecular complexity index is 1090. The van der Waals surface area contributed by atoms with Gasteiger partial charge in [0.1, 0.15) is 6.54 Å². The van der Waals surface area contributed by atoms with Crippen LogP contribution in [0.25, 0.3) is 0 Å². The van der Waals surface area contributed by atoms with Crippen molar-refractivity contribution in [2.24, 2.45) is 0 Å². The minimum Gasteiger partial charge on any atom is -0.343 e. The summed E-state index contributed by atoms with van der Waals surface area (Å²) >= 11 is 0. The molecule has 0 aliphatic rings. The van der Waals surface area contributed by atoms with Gasteiger partial charge in [0.05, 0.1) is 16.4 Å². The third-order valence-corrected chi connectivity index (χ3v) is 7.19. The summed E-state index contributed by atoms with van der Waals surface area (Å²) in [6, 6.07) is 12.9. The number of amides is 1. The number of sulfone groups is 1. The van der Waals surface area contributed by atoms with Crippen molar-refractivity contribution in [2.75, 3.05) is 18.8 Å². The molecule has 2 rings (SSSR count). The highest BCUT2D eigenvalue weighted by molar-refractivity contribution is 7.90. The fraction of sp³-hybridized carbons (Fsp3) is 0.316. The monoisotopic (exact) mass is 478 g/mol. The van der Waals surface area contributed by atoms with E-state index in [1.807, 2.05) is 0 Å². The van der Waals surface area contributed by atoms with Gasteiger partial charge in [0, 0.05) is 12.1 Å². The van der Waals surface area contributed by atoms with Crippen LogP contribution in [0.5, 0.6) is 0 Å². The lowest BCUT2D eigenvalue weighted by Gasteiger charge is -2.10. The quantitative estimate of drug-likeness (QED) is 0.509. The van der Waals surface area contributed by atoms with Crippen molar-refractivity contribution < 1.29 is 34.8 Å². The Kier molecular flexibility index (Phi) is 8.21. The molecule has 0 aliphatic carbocycles. The van der Waals surface area contributed by atoms with E-state index in [-0.39, 0.29) is 34.9 Å². The van der Waals surface area contributed by atoms with Crippen molar-refractivity contribution in [2.45, 2.75) is 23.2 Å². The van der Waals surface area contributed by atoms with Crippen LogP contribution < -0.4 is 10.0 Å². The average Bonchev–Trinajstić information content (AvgIpc) is 2.69. The lowest BCUT2D eigenvalue weighted by molar-refractivity contribution is -0.123. The maximum absolute atomic E-state index is 12.3. The Morgan fingerprint density at radius 3 is 2.10 bits per heavy atom. The van der Waals surface area contributed by atoms with Gasteiger partial charge < -0.3 is 5.32 Å². The number of halogens is 3. The molecule has 12 heteroatoms. The van der Waals surface area contributed by atoms with E-state index in [0.717, 1.165) is 24.3 Å². The standard InChI is InChI=1S/C19H21F3N2O5S2/c20-19(21,22)14-23-18(25)16-7-9-17(10-8-16)31(28,29)24-11-4-12-30(26,27)13-15-5-2-1-3-6-15/h1-3,5-10,24H,4,11-14H2,(H,23,25). The Hall–Kier alpha value is -2.44. The van der Waals surface area contributed by atoms with Crippen LogP contribution in [0.2, 0.25) is 0 Å². The predicted molar refractivity (Wildman–Crippen MR) is 109 cm³/mol. The molecule has 0 radical (unpaired) electrons. The Labute approximate surface area is 178 Å². The van der Waals surface area contributed by atoms with Crippen molar-refractivity contribution >= 4 is 25.8 Å². The highest BCUT2D eigenvalue weighted by Crippen LogP contribution is 2.14. The molecule has 0 atom stereocenters. The molecule has 0 aromatic heterocycles. The van der Waals surface area contributed by atoms with Crippen LogP contribution in [-0.2, 0) is 25.6 Å². The number of hydrogen-bond acceptors (Lipinski definition) is 5. The summed E-state index contributed by atoms with van der Waals surface area (Å²) in [7, 11) is -7.38. The molecule has 2 aromatic rings. The summed E-state index contributed by atoms with van der Waals surface area (Å²) in [5.41, 5.74) is 0.512. The van der Waals surface area contributed by atoms with Crippen LogP contribution in [0.3, 0.4) is 0 Å². The molecule has 0 saturated carbocycles. The Balaban J connectivity index is 1.86.